The van der Waals surface area contributed by atoms with Crippen LogP contribution in [-0.4, -0.2) is 36.7 Å². The fourth-order valence-electron chi connectivity index (χ4n) is 3.26. The van der Waals surface area contributed by atoms with Gasteiger partial charge in [0, 0.05) is 32.8 Å². The molecule has 2 fully saturated rings. The third kappa shape index (κ3) is 4.29. The molecule has 3 nitrogen and oxygen atoms in total. The van der Waals surface area contributed by atoms with Gasteiger partial charge in [-0.15, -0.1) is 0 Å². The molecular formula is C18H28N2O. The summed E-state index contributed by atoms with van der Waals surface area (Å²) in [6, 6.07) is 9.80. The van der Waals surface area contributed by atoms with Crippen molar-refractivity contribution in [3.63, 3.8) is 0 Å². The molecule has 0 bridgehead atoms. The van der Waals surface area contributed by atoms with Crippen molar-refractivity contribution in [3.8, 4) is 0 Å². The lowest BCUT2D eigenvalue weighted by Crippen LogP contribution is -2.46. The molecule has 2 aliphatic rings. The molecule has 1 aliphatic carbocycles. The minimum Gasteiger partial charge on any atom is -0.377 e. The van der Waals surface area contributed by atoms with E-state index in [-0.39, 0.29) is 5.60 Å². The largest absolute Gasteiger partial charge is 0.377 e. The van der Waals surface area contributed by atoms with Gasteiger partial charge in [-0.05, 0) is 50.3 Å². The van der Waals surface area contributed by atoms with E-state index in [1.165, 1.54) is 43.4 Å². The van der Waals surface area contributed by atoms with Crippen LogP contribution in [0, 0.1) is 0 Å². The van der Waals surface area contributed by atoms with Gasteiger partial charge in [-0.2, -0.15) is 0 Å². The highest BCUT2D eigenvalue weighted by Gasteiger charge is 2.30. The molecule has 116 valence electrons. The summed E-state index contributed by atoms with van der Waals surface area (Å²) in [5.41, 5.74) is 2.86. The number of likely N-dealkylation sites (tertiary alicyclic amines) is 1. The maximum Gasteiger partial charge on any atom is 0.0777 e. The lowest BCUT2D eigenvalue weighted by molar-refractivity contribution is -0.0527. The maximum atomic E-state index is 5.69. The van der Waals surface area contributed by atoms with Crippen molar-refractivity contribution in [2.24, 2.45) is 0 Å². The Hall–Kier alpha value is -0.900. The van der Waals surface area contributed by atoms with Crippen LogP contribution in [0.5, 0.6) is 0 Å². The molecular weight excluding hydrogens is 260 g/mol. The molecule has 21 heavy (non-hydrogen) atoms. The van der Waals surface area contributed by atoms with Crippen LogP contribution in [0.4, 0.5) is 0 Å². The van der Waals surface area contributed by atoms with E-state index in [0.717, 1.165) is 25.7 Å². The van der Waals surface area contributed by atoms with Crippen molar-refractivity contribution in [2.45, 2.75) is 57.3 Å². The highest BCUT2D eigenvalue weighted by molar-refractivity contribution is 5.23. The third-order valence-electron chi connectivity index (χ3n) is 4.80. The smallest absolute Gasteiger partial charge is 0.0777 e. The molecule has 0 spiro atoms. The van der Waals surface area contributed by atoms with E-state index in [1.807, 2.05) is 7.11 Å². The summed E-state index contributed by atoms with van der Waals surface area (Å²) >= 11 is 0. The molecule has 1 saturated heterocycles. The predicted molar refractivity (Wildman–Crippen MR) is 86.2 cm³/mol. The first kappa shape index (κ1) is 15.0. The first-order valence-electron chi connectivity index (χ1n) is 8.26. The van der Waals surface area contributed by atoms with E-state index in [2.05, 4.69) is 41.4 Å². The van der Waals surface area contributed by atoms with Crippen LogP contribution in [0.1, 0.15) is 43.7 Å². The Morgan fingerprint density at radius 3 is 2.90 bits per heavy atom. The molecule has 1 aliphatic heterocycles. The molecule has 1 aromatic rings. The molecule has 1 N–H and O–H groups in total. The SMILES string of the molecule is COC1(C)CCCN(Cc2cccc(CNC3CC3)c2)C1. The normalized spacial score (nSPS) is 27.0. The Morgan fingerprint density at radius 1 is 1.33 bits per heavy atom. The van der Waals surface area contributed by atoms with Crippen LogP contribution in [0.3, 0.4) is 0 Å². The van der Waals surface area contributed by atoms with E-state index in [1.54, 1.807) is 0 Å². The van der Waals surface area contributed by atoms with Gasteiger partial charge in [-0.3, -0.25) is 4.90 Å². The van der Waals surface area contributed by atoms with Gasteiger partial charge in [0.05, 0.1) is 5.60 Å². The number of rotatable bonds is 6. The van der Waals surface area contributed by atoms with Crippen molar-refractivity contribution in [1.82, 2.24) is 10.2 Å². The topological polar surface area (TPSA) is 24.5 Å². The number of piperidine rings is 1. The van der Waals surface area contributed by atoms with Crippen molar-refractivity contribution in [1.29, 1.82) is 0 Å². The Bertz CT molecular complexity index is 472. The summed E-state index contributed by atoms with van der Waals surface area (Å²) in [5, 5.41) is 3.59. The first-order chi connectivity index (χ1) is 10.2. The van der Waals surface area contributed by atoms with Crippen LogP contribution < -0.4 is 5.32 Å². The minimum absolute atomic E-state index is 0.0311. The molecule has 1 aromatic carbocycles. The standard InChI is InChI=1S/C18H28N2O/c1-18(21-2)9-4-10-20(14-18)13-16-6-3-5-15(11-16)12-19-17-7-8-17/h3,5-6,11,17,19H,4,7-10,12-14H2,1-2H3. The van der Waals surface area contributed by atoms with Gasteiger partial charge in [0.15, 0.2) is 0 Å². The van der Waals surface area contributed by atoms with E-state index in [4.69, 9.17) is 4.74 Å². The quantitative estimate of drug-likeness (QED) is 0.871. The number of hydrogen-bond acceptors (Lipinski definition) is 3. The number of ether oxygens (including phenoxy) is 1. The molecule has 1 saturated carbocycles. The summed E-state index contributed by atoms with van der Waals surface area (Å²) in [6.07, 6.45) is 5.10. The summed E-state index contributed by atoms with van der Waals surface area (Å²) in [5.74, 6) is 0. The van der Waals surface area contributed by atoms with Gasteiger partial charge >= 0.3 is 0 Å². The van der Waals surface area contributed by atoms with E-state index in [0.29, 0.717) is 0 Å². The van der Waals surface area contributed by atoms with Crippen molar-refractivity contribution >= 4 is 0 Å². The highest BCUT2D eigenvalue weighted by Crippen LogP contribution is 2.25. The van der Waals surface area contributed by atoms with Crippen LogP contribution in [0.15, 0.2) is 24.3 Å². The van der Waals surface area contributed by atoms with Gasteiger partial charge in [0.2, 0.25) is 0 Å². The Morgan fingerprint density at radius 2 is 2.14 bits per heavy atom. The Kier molecular flexibility index (Phi) is 4.63. The van der Waals surface area contributed by atoms with Crippen LogP contribution in [-0.2, 0) is 17.8 Å². The lowest BCUT2D eigenvalue weighted by atomic mass is 9.94. The molecule has 3 heteroatoms. The monoisotopic (exact) mass is 288 g/mol. The average molecular weight is 288 g/mol. The van der Waals surface area contributed by atoms with Gasteiger partial charge in [0.1, 0.15) is 0 Å². The zero-order valence-electron chi connectivity index (χ0n) is 13.4. The second kappa shape index (κ2) is 6.47. The van der Waals surface area contributed by atoms with Crippen molar-refractivity contribution in [2.75, 3.05) is 20.2 Å². The predicted octanol–water partition coefficient (Wildman–Crippen LogP) is 2.94. The molecule has 0 amide bonds. The number of methoxy groups -OCH3 is 1. The third-order valence-corrected chi connectivity index (χ3v) is 4.80. The molecule has 0 radical (unpaired) electrons. The Labute approximate surface area is 128 Å². The first-order valence-corrected chi connectivity index (χ1v) is 8.26. The van der Waals surface area contributed by atoms with Crippen LogP contribution in [0.25, 0.3) is 0 Å². The van der Waals surface area contributed by atoms with Crippen LogP contribution in [0.2, 0.25) is 0 Å². The maximum absolute atomic E-state index is 5.69. The van der Waals surface area contributed by atoms with E-state index >= 15 is 0 Å². The highest BCUT2D eigenvalue weighted by atomic mass is 16.5. The van der Waals surface area contributed by atoms with Gasteiger partial charge in [-0.25, -0.2) is 0 Å². The second-order valence-corrected chi connectivity index (χ2v) is 6.94. The zero-order valence-corrected chi connectivity index (χ0v) is 13.4. The van der Waals surface area contributed by atoms with Crippen LogP contribution >= 0.6 is 0 Å². The number of nitrogens with zero attached hydrogens (tertiary/aromatic N) is 1. The number of nitrogens with one attached hydrogen (secondary N) is 1. The van der Waals surface area contributed by atoms with Crippen molar-refractivity contribution < 1.29 is 4.74 Å². The van der Waals surface area contributed by atoms with Crippen molar-refractivity contribution in [3.05, 3.63) is 35.4 Å². The molecule has 1 heterocycles. The summed E-state index contributed by atoms with van der Waals surface area (Å²) in [7, 11) is 1.84. The second-order valence-electron chi connectivity index (χ2n) is 6.94. The van der Waals surface area contributed by atoms with Gasteiger partial charge in [-0.1, -0.05) is 24.3 Å². The number of benzene rings is 1. The van der Waals surface area contributed by atoms with E-state index < -0.39 is 0 Å². The molecule has 3 rings (SSSR count). The fourth-order valence-corrected chi connectivity index (χ4v) is 3.26. The number of hydrogen-bond donors (Lipinski definition) is 1. The van der Waals surface area contributed by atoms with E-state index in [9.17, 15) is 0 Å². The lowest BCUT2D eigenvalue weighted by Gasteiger charge is -2.39. The Balaban J connectivity index is 1.57. The molecule has 1 unspecified atom stereocenters. The minimum atomic E-state index is 0.0311. The summed E-state index contributed by atoms with van der Waals surface area (Å²) in [6.45, 7) is 6.50. The zero-order chi connectivity index (χ0) is 14.7. The van der Waals surface area contributed by atoms with Gasteiger partial charge < -0.3 is 10.1 Å². The summed E-state index contributed by atoms with van der Waals surface area (Å²) < 4.78 is 5.69. The fraction of sp³-hybridized carbons (Fsp3) is 0.667. The summed E-state index contributed by atoms with van der Waals surface area (Å²) in [4.78, 5) is 2.53. The molecule has 1 atom stereocenters. The average Bonchev–Trinajstić information content (AvgIpc) is 3.30. The van der Waals surface area contributed by atoms with Gasteiger partial charge in [0.25, 0.3) is 0 Å². The molecule has 0 aromatic heterocycles.